The van der Waals surface area contributed by atoms with Crippen LogP contribution < -0.4 is 5.32 Å². The van der Waals surface area contributed by atoms with Crippen LogP contribution in [0.4, 0.5) is 0 Å². The number of aromatic carboxylic acids is 1. The number of fused-ring (bicyclic) bond motifs is 1. The van der Waals surface area contributed by atoms with Crippen LogP contribution in [0.2, 0.25) is 0 Å². The minimum Gasteiger partial charge on any atom is -0.477 e. The van der Waals surface area contributed by atoms with Crippen LogP contribution in [0.25, 0.3) is 10.1 Å². The predicted octanol–water partition coefficient (Wildman–Crippen LogP) is 3.51. The first-order chi connectivity index (χ1) is 10.2. The Morgan fingerprint density at radius 3 is 2.90 bits per heavy atom. The average molecular weight is 307 g/mol. The first-order valence-corrected chi connectivity index (χ1v) is 8.07. The summed E-state index contributed by atoms with van der Waals surface area (Å²) in [4.78, 5) is 11.8. The maximum Gasteiger partial charge on any atom is 0.346 e. The molecule has 0 fully saturated rings. The van der Waals surface area contributed by atoms with Gasteiger partial charge in [0.2, 0.25) is 0 Å². The van der Waals surface area contributed by atoms with Gasteiger partial charge in [-0.3, -0.25) is 0 Å². The van der Waals surface area contributed by atoms with E-state index < -0.39 is 5.97 Å². The molecule has 4 nitrogen and oxygen atoms in total. The van der Waals surface area contributed by atoms with Crippen LogP contribution in [0.15, 0.2) is 24.3 Å². The number of carbonyl (C=O) groups is 1. The molecule has 0 unspecified atom stereocenters. The van der Waals surface area contributed by atoms with E-state index >= 15 is 0 Å². The monoisotopic (exact) mass is 307 g/mol. The summed E-state index contributed by atoms with van der Waals surface area (Å²) in [6.07, 6.45) is 1.97. The number of hydrogen-bond donors (Lipinski definition) is 2. The van der Waals surface area contributed by atoms with E-state index in [1.165, 1.54) is 11.3 Å². The van der Waals surface area contributed by atoms with Gasteiger partial charge >= 0.3 is 5.97 Å². The number of benzene rings is 1. The third-order valence-corrected chi connectivity index (χ3v) is 4.39. The smallest absolute Gasteiger partial charge is 0.346 e. The van der Waals surface area contributed by atoms with Gasteiger partial charge in [-0.2, -0.15) is 0 Å². The second-order valence-corrected chi connectivity index (χ2v) is 5.91. The van der Waals surface area contributed by atoms with Crippen molar-refractivity contribution in [3.05, 3.63) is 34.7 Å². The second kappa shape index (κ2) is 8.12. The Kier molecular flexibility index (Phi) is 6.17. The Morgan fingerprint density at radius 1 is 1.33 bits per heavy atom. The van der Waals surface area contributed by atoms with E-state index in [1.54, 1.807) is 0 Å². The van der Waals surface area contributed by atoms with Gasteiger partial charge in [-0.15, -0.1) is 11.3 Å². The molecule has 0 spiro atoms. The standard InChI is InChI=1S/C16H21NO3S/c1-2-9-20-10-5-8-17-11-13-12-6-3-4-7-14(12)21-15(13)16(18)19/h3-4,6-7,17H,2,5,8-11H2,1H3,(H,18,19). The van der Waals surface area contributed by atoms with Gasteiger partial charge in [0.25, 0.3) is 0 Å². The molecule has 0 aliphatic heterocycles. The Labute approximate surface area is 128 Å². The summed E-state index contributed by atoms with van der Waals surface area (Å²) in [6.45, 7) is 5.05. The highest BCUT2D eigenvalue weighted by Gasteiger charge is 2.16. The number of nitrogens with one attached hydrogen (secondary N) is 1. The van der Waals surface area contributed by atoms with Crippen molar-refractivity contribution in [1.82, 2.24) is 5.32 Å². The molecule has 0 amide bonds. The van der Waals surface area contributed by atoms with Gasteiger partial charge in [-0.25, -0.2) is 4.79 Å². The van der Waals surface area contributed by atoms with E-state index in [9.17, 15) is 9.90 Å². The van der Waals surface area contributed by atoms with E-state index in [0.29, 0.717) is 11.4 Å². The lowest BCUT2D eigenvalue weighted by Crippen LogP contribution is -2.17. The van der Waals surface area contributed by atoms with E-state index in [2.05, 4.69) is 12.2 Å². The Bertz CT molecular complexity index is 594. The minimum absolute atomic E-state index is 0.436. The largest absolute Gasteiger partial charge is 0.477 e. The molecule has 2 aromatic rings. The van der Waals surface area contributed by atoms with Crippen molar-refractivity contribution in [1.29, 1.82) is 0 Å². The zero-order valence-electron chi connectivity index (χ0n) is 12.2. The molecule has 0 radical (unpaired) electrons. The fourth-order valence-corrected chi connectivity index (χ4v) is 3.27. The summed E-state index contributed by atoms with van der Waals surface area (Å²) in [7, 11) is 0. The van der Waals surface area contributed by atoms with Gasteiger partial charge in [0, 0.05) is 24.5 Å². The van der Waals surface area contributed by atoms with Gasteiger partial charge < -0.3 is 15.2 Å². The van der Waals surface area contributed by atoms with Crippen LogP contribution >= 0.6 is 11.3 Å². The van der Waals surface area contributed by atoms with Gasteiger partial charge in [0.15, 0.2) is 0 Å². The lowest BCUT2D eigenvalue weighted by molar-refractivity contribution is 0.0701. The number of ether oxygens (including phenoxy) is 1. The second-order valence-electron chi connectivity index (χ2n) is 4.85. The van der Waals surface area contributed by atoms with Crippen molar-refractivity contribution in [2.24, 2.45) is 0 Å². The number of carboxylic acids is 1. The molecule has 0 saturated carbocycles. The number of rotatable bonds is 9. The van der Waals surface area contributed by atoms with Crippen molar-refractivity contribution < 1.29 is 14.6 Å². The molecule has 1 heterocycles. The summed E-state index contributed by atoms with van der Waals surface area (Å²) < 4.78 is 6.45. The Balaban J connectivity index is 1.94. The maximum absolute atomic E-state index is 11.4. The SMILES string of the molecule is CCCOCCCNCc1c(C(=O)O)sc2ccccc12. The van der Waals surface area contributed by atoms with Gasteiger partial charge in [-0.05, 0) is 36.4 Å². The first-order valence-electron chi connectivity index (χ1n) is 7.26. The third-order valence-electron chi connectivity index (χ3n) is 3.18. The van der Waals surface area contributed by atoms with Gasteiger partial charge in [0.1, 0.15) is 4.88 Å². The molecule has 0 saturated heterocycles. The highest BCUT2D eigenvalue weighted by atomic mass is 32.1. The Hall–Kier alpha value is -1.43. The molecule has 2 rings (SSSR count). The van der Waals surface area contributed by atoms with Crippen LogP contribution in [0.1, 0.15) is 35.0 Å². The molecule has 1 aromatic carbocycles. The topological polar surface area (TPSA) is 58.6 Å². The molecule has 114 valence electrons. The lowest BCUT2D eigenvalue weighted by atomic mass is 10.1. The predicted molar refractivity (Wildman–Crippen MR) is 86.2 cm³/mol. The highest BCUT2D eigenvalue weighted by molar-refractivity contribution is 7.21. The molecular formula is C16H21NO3S. The molecule has 0 aliphatic rings. The van der Waals surface area contributed by atoms with Crippen LogP contribution in [0, 0.1) is 0 Å². The summed E-state index contributed by atoms with van der Waals surface area (Å²) in [5, 5.41) is 13.7. The van der Waals surface area contributed by atoms with Crippen molar-refractivity contribution in [2.45, 2.75) is 26.3 Å². The fourth-order valence-electron chi connectivity index (χ4n) is 2.21. The quantitative estimate of drug-likeness (QED) is 0.696. The molecule has 2 N–H and O–H groups in total. The van der Waals surface area contributed by atoms with Gasteiger partial charge in [0.05, 0.1) is 0 Å². The van der Waals surface area contributed by atoms with Crippen LogP contribution in [-0.2, 0) is 11.3 Å². The number of carboxylic acid groups (broad SMARTS) is 1. The minimum atomic E-state index is -0.848. The van der Waals surface area contributed by atoms with Crippen molar-refractivity contribution in [3.8, 4) is 0 Å². The number of hydrogen-bond acceptors (Lipinski definition) is 4. The molecule has 0 aliphatic carbocycles. The first kappa shape index (κ1) is 15.9. The number of thiophene rings is 1. The molecule has 21 heavy (non-hydrogen) atoms. The highest BCUT2D eigenvalue weighted by Crippen LogP contribution is 2.31. The van der Waals surface area contributed by atoms with Crippen molar-refractivity contribution >= 4 is 27.4 Å². The average Bonchev–Trinajstić information content (AvgIpc) is 2.85. The zero-order chi connectivity index (χ0) is 15.1. The molecule has 0 atom stereocenters. The van der Waals surface area contributed by atoms with Gasteiger partial charge in [-0.1, -0.05) is 25.1 Å². The normalized spacial score (nSPS) is 11.1. The van der Waals surface area contributed by atoms with E-state index in [-0.39, 0.29) is 0 Å². The fraction of sp³-hybridized carbons (Fsp3) is 0.438. The summed E-state index contributed by atoms with van der Waals surface area (Å²) in [5.41, 5.74) is 0.887. The molecule has 5 heteroatoms. The van der Waals surface area contributed by atoms with Crippen LogP contribution in [0.3, 0.4) is 0 Å². The van der Waals surface area contributed by atoms with Crippen molar-refractivity contribution in [2.75, 3.05) is 19.8 Å². The van der Waals surface area contributed by atoms with Crippen LogP contribution in [0.5, 0.6) is 0 Å². The van der Waals surface area contributed by atoms with Crippen molar-refractivity contribution in [3.63, 3.8) is 0 Å². The Morgan fingerprint density at radius 2 is 2.14 bits per heavy atom. The summed E-state index contributed by atoms with van der Waals surface area (Å²) in [5.74, 6) is -0.848. The molecule has 0 bridgehead atoms. The van der Waals surface area contributed by atoms with E-state index in [1.807, 2.05) is 24.3 Å². The molecular weight excluding hydrogens is 286 g/mol. The van der Waals surface area contributed by atoms with Crippen LogP contribution in [-0.4, -0.2) is 30.8 Å². The lowest BCUT2D eigenvalue weighted by Gasteiger charge is -2.06. The van der Waals surface area contributed by atoms with E-state index in [4.69, 9.17) is 4.74 Å². The zero-order valence-corrected chi connectivity index (χ0v) is 13.0. The van der Waals surface area contributed by atoms with E-state index in [0.717, 1.165) is 48.2 Å². The maximum atomic E-state index is 11.4. The summed E-state index contributed by atoms with van der Waals surface area (Å²) >= 11 is 1.34. The summed E-state index contributed by atoms with van der Waals surface area (Å²) in [6, 6.07) is 7.84. The molecule has 1 aromatic heterocycles. The third kappa shape index (κ3) is 4.27.